The molecule has 0 aliphatic heterocycles. The fourth-order valence-corrected chi connectivity index (χ4v) is 2.35. The molecular weight excluding hydrogens is 281 g/mol. The molecule has 1 atom stereocenters. The van der Waals surface area contributed by atoms with Gasteiger partial charge in [0.05, 0.1) is 6.04 Å². The number of methoxy groups -OCH3 is 1. The highest BCUT2D eigenvalue weighted by Crippen LogP contribution is 2.30. The zero-order valence-corrected chi connectivity index (χ0v) is 12.2. The SMILES string of the molecule is CCNC(c1ccc(COC)o1)c1ccc(F)cc1Cl. The Bertz CT molecular complexity index is 571. The van der Waals surface area contributed by atoms with Gasteiger partial charge in [-0.2, -0.15) is 0 Å². The van der Waals surface area contributed by atoms with Crippen LogP contribution in [0.4, 0.5) is 4.39 Å². The molecule has 1 N–H and O–H groups in total. The summed E-state index contributed by atoms with van der Waals surface area (Å²) >= 11 is 6.13. The van der Waals surface area contributed by atoms with Crippen molar-refractivity contribution in [3.63, 3.8) is 0 Å². The van der Waals surface area contributed by atoms with Crippen LogP contribution in [0.5, 0.6) is 0 Å². The van der Waals surface area contributed by atoms with E-state index in [0.717, 1.165) is 23.6 Å². The van der Waals surface area contributed by atoms with E-state index in [0.29, 0.717) is 11.6 Å². The van der Waals surface area contributed by atoms with Crippen molar-refractivity contribution in [2.45, 2.75) is 19.6 Å². The molecule has 1 unspecified atom stereocenters. The highest BCUT2D eigenvalue weighted by Gasteiger charge is 2.20. The van der Waals surface area contributed by atoms with E-state index in [1.54, 1.807) is 13.2 Å². The van der Waals surface area contributed by atoms with E-state index >= 15 is 0 Å². The van der Waals surface area contributed by atoms with Gasteiger partial charge in [-0.25, -0.2) is 4.39 Å². The second-order valence-electron chi connectivity index (χ2n) is 4.39. The van der Waals surface area contributed by atoms with Gasteiger partial charge in [-0.3, -0.25) is 0 Å². The summed E-state index contributed by atoms with van der Waals surface area (Å²) in [6.45, 7) is 3.14. The van der Waals surface area contributed by atoms with Crippen LogP contribution in [0.25, 0.3) is 0 Å². The smallest absolute Gasteiger partial charge is 0.129 e. The van der Waals surface area contributed by atoms with Crippen molar-refractivity contribution in [3.05, 3.63) is 58.3 Å². The third kappa shape index (κ3) is 3.39. The van der Waals surface area contributed by atoms with Gasteiger partial charge in [0.25, 0.3) is 0 Å². The summed E-state index contributed by atoms with van der Waals surface area (Å²) in [7, 11) is 1.61. The van der Waals surface area contributed by atoms with Gasteiger partial charge in [0.1, 0.15) is 23.9 Å². The Morgan fingerprint density at radius 1 is 1.35 bits per heavy atom. The van der Waals surface area contributed by atoms with E-state index < -0.39 is 0 Å². The summed E-state index contributed by atoms with van der Waals surface area (Å²) in [5.74, 6) is 1.12. The predicted octanol–water partition coefficient (Wildman–Crippen LogP) is 3.92. The first-order chi connectivity index (χ1) is 9.65. The highest BCUT2D eigenvalue weighted by molar-refractivity contribution is 6.31. The Balaban J connectivity index is 2.34. The summed E-state index contributed by atoms with van der Waals surface area (Å²) in [5, 5.41) is 3.67. The summed E-state index contributed by atoms with van der Waals surface area (Å²) in [6, 6.07) is 7.90. The minimum Gasteiger partial charge on any atom is -0.462 e. The molecule has 0 amide bonds. The summed E-state index contributed by atoms with van der Waals surface area (Å²) in [4.78, 5) is 0. The van der Waals surface area contributed by atoms with Crippen LogP contribution in [0.15, 0.2) is 34.7 Å². The third-order valence-corrected chi connectivity index (χ3v) is 3.26. The largest absolute Gasteiger partial charge is 0.462 e. The van der Waals surface area contributed by atoms with Crippen LogP contribution in [0.2, 0.25) is 5.02 Å². The van der Waals surface area contributed by atoms with Crippen molar-refractivity contribution in [1.82, 2.24) is 5.32 Å². The van der Waals surface area contributed by atoms with Gasteiger partial charge in [0.15, 0.2) is 0 Å². The standard InChI is InChI=1S/C15H17ClFNO2/c1-3-18-15(12-6-4-10(17)8-13(12)16)14-7-5-11(20-14)9-19-2/h4-8,15,18H,3,9H2,1-2H3. The number of benzene rings is 1. The quantitative estimate of drug-likeness (QED) is 0.877. The van der Waals surface area contributed by atoms with Gasteiger partial charge < -0.3 is 14.5 Å². The van der Waals surface area contributed by atoms with Crippen LogP contribution in [-0.2, 0) is 11.3 Å². The zero-order valence-electron chi connectivity index (χ0n) is 11.5. The van der Waals surface area contributed by atoms with Crippen LogP contribution in [-0.4, -0.2) is 13.7 Å². The van der Waals surface area contributed by atoms with Crippen molar-refractivity contribution in [2.75, 3.05) is 13.7 Å². The topological polar surface area (TPSA) is 34.4 Å². The van der Waals surface area contributed by atoms with Gasteiger partial charge in [-0.05, 0) is 36.4 Å². The van der Waals surface area contributed by atoms with Gasteiger partial charge in [0, 0.05) is 12.1 Å². The fourth-order valence-electron chi connectivity index (χ4n) is 2.07. The molecule has 1 aromatic carbocycles. The summed E-state index contributed by atoms with van der Waals surface area (Å²) in [5.41, 5.74) is 0.785. The monoisotopic (exact) mass is 297 g/mol. The lowest BCUT2D eigenvalue weighted by molar-refractivity contribution is 0.162. The molecule has 1 heterocycles. The Morgan fingerprint density at radius 2 is 2.15 bits per heavy atom. The van der Waals surface area contributed by atoms with E-state index in [-0.39, 0.29) is 11.9 Å². The van der Waals surface area contributed by atoms with Crippen LogP contribution in [0, 0.1) is 5.82 Å². The number of nitrogens with one attached hydrogen (secondary N) is 1. The molecule has 20 heavy (non-hydrogen) atoms. The maximum Gasteiger partial charge on any atom is 0.129 e. The van der Waals surface area contributed by atoms with Gasteiger partial charge in [-0.15, -0.1) is 0 Å². The van der Waals surface area contributed by atoms with E-state index in [1.165, 1.54) is 12.1 Å². The molecule has 3 nitrogen and oxygen atoms in total. The molecule has 0 saturated carbocycles. The van der Waals surface area contributed by atoms with Crippen LogP contribution in [0.1, 0.15) is 30.0 Å². The number of rotatable bonds is 6. The summed E-state index contributed by atoms with van der Waals surface area (Å²) in [6.07, 6.45) is 0. The van der Waals surface area contributed by atoms with Gasteiger partial charge in [-0.1, -0.05) is 24.6 Å². The minimum atomic E-state index is -0.353. The van der Waals surface area contributed by atoms with Crippen LogP contribution >= 0.6 is 11.6 Å². The molecule has 1 aromatic heterocycles. The molecule has 0 aliphatic rings. The average Bonchev–Trinajstić information content (AvgIpc) is 2.86. The van der Waals surface area contributed by atoms with E-state index in [9.17, 15) is 4.39 Å². The lowest BCUT2D eigenvalue weighted by Crippen LogP contribution is -2.21. The summed E-state index contributed by atoms with van der Waals surface area (Å²) < 4.78 is 23.9. The molecule has 0 aliphatic carbocycles. The Kier molecular flexibility index (Phi) is 5.17. The molecule has 0 bridgehead atoms. The number of hydrogen-bond acceptors (Lipinski definition) is 3. The Morgan fingerprint density at radius 3 is 2.80 bits per heavy atom. The molecule has 0 saturated heterocycles. The molecule has 2 aromatic rings. The number of hydrogen-bond donors (Lipinski definition) is 1. The predicted molar refractivity (Wildman–Crippen MR) is 76.4 cm³/mol. The first kappa shape index (κ1) is 15.0. The number of ether oxygens (including phenoxy) is 1. The normalized spacial score (nSPS) is 12.6. The molecule has 0 radical (unpaired) electrons. The van der Waals surface area contributed by atoms with E-state index in [1.807, 2.05) is 19.1 Å². The van der Waals surface area contributed by atoms with E-state index in [2.05, 4.69) is 5.32 Å². The fraction of sp³-hybridized carbons (Fsp3) is 0.333. The average molecular weight is 298 g/mol. The van der Waals surface area contributed by atoms with Crippen molar-refractivity contribution < 1.29 is 13.5 Å². The first-order valence-electron chi connectivity index (χ1n) is 6.41. The molecule has 0 fully saturated rings. The second-order valence-corrected chi connectivity index (χ2v) is 4.80. The Hall–Kier alpha value is -1.36. The van der Waals surface area contributed by atoms with Gasteiger partial charge >= 0.3 is 0 Å². The maximum atomic E-state index is 13.2. The van der Waals surface area contributed by atoms with Crippen molar-refractivity contribution in [3.8, 4) is 0 Å². The molecule has 0 spiro atoms. The number of furan rings is 1. The van der Waals surface area contributed by atoms with Crippen LogP contribution < -0.4 is 5.32 Å². The van der Waals surface area contributed by atoms with Crippen molar-refractivity contribution >= 4 is 11.6 Å². The first-order valence-corrected chi connectivity index (χ1v) is 6.79. The number of halogens is 2. The lowest BCUT2D eigenvalue weighted by atomic mass is 10.0. The lowest BCUT2D eigenvalue weighted by Gasteiger charge is -2.17. The van der Waals surface area contributed by atoms with Crippen molar-refractivity contribution in [2.24, 2.45) is 0 Å². The maximum absolute atomic E-state index is 13.2. The molecule has 2 rings (SSSR count). The van der Waals surface area contributed by atoms with E-state index in [4.69, 9.17) is 20.8 Å². The minimum absolute atomic E-state index is 0.210. The highest BCUT2D eigenvalue weighted by atomic mass is 35.5. The van der Waals surface area contributed by atoms with Gasteiger partial charge in [0.2, 0.25) is 0 Å². The van der Waals surface area contributed by atoms with Crippen LogP contribution in [0.3, 0.4) is 0 Å². The zero-order chi connectivity index (χ0) is 14.5. The second kappa shape index (κ2) is 6.88. The molecule has 108 valence electrons. The van der Waals surface area contributed by atoms with Crippen molar-refractivity contribution in [1.29, 1.82) is 0 Å². The Labute approximate surface area is 122 Å². The molecule has 5 heteroatoms. The molecular formula is C15H17ClFNO2. The third-order valence-electron chi connectivity index (χ3n) is 2.94.